The number of carbonyl (C=O) groups is 2. The smallest absolute Gasteiger partial charge is 0.417 e. The predicted molar refractivity (Wildman–Crippen MR) is 74.3 cm³/mol. The van der Waals surface area contributed by atoms with Crippen LogP contribution in [0.15, 0.2) is 30.3 Å². The molecule has 1 aromatic rings. The van der Waals surface area contributed by atoms with Crippen molar-refractivity contribution >= 4 is 11.9 Å². The van der Waals surface area contributed by atoms with Gasteiger partial charge in [0.05, 0.1) is 7.11 Å². The second-order valence-electron chi connectivity index (χ2n) is 4.48. The lowest BCUT2D eigenvalue weighted by atomic mass is 10.1. The Morgan fingerprint density at radius 1 is 1.35 bits per heavy atom. The van der Waals surface area contributed by atoms with Crippen molar-refractivity contribution in [1.29, 1.82) is 0 Å². The first-order chi connectivity index (χ1) is 9.54. The summed E-state index contributed by atoms with van der Waals surface area (Å²) >= 11 is 0. The van der Waals surface area contributed by atoms with Gasteiger partial charge in [-0.15, -0.1) is 0 Å². The number of esters is 1. The SMILES string of the molecule is CN1CCNC(c2ccccc2)C1.COC(=O)C(=O)O. The largest absolute Gasteiger partial charge is 0.473 e. The van der Waals surface area contributed by atoms with Crippen molar-refractivity contribution in [3.8, 4) is 0 Å². The van der Waals surface area contributed by atoms with E-state index in [0.29, 0.717) is 6.04 Å². The number of aliphatic carboxylic acids is 1. The minimum atomic E-state index is -1.57. The molecule has 0 aliphatic carbocycles. The van der Waals surface area contributed by atoms with Crippen molar-refractivity contribution < 1.29 is 19.4 Å². The molecule has 2 rings (SSSR count). The maximum absolute atomic E-state index is 9.69. The molecule has 1 saturated heterocycles. The highest BCUT2D eigenvalue weighted by molar-refractivity contribution is 6.28. The fraction of sp³-hybridized carbons (Fsp3) is 0.429. The van der Waals surface area contributed by atoms with E-state index in [1.165, 1.54) is 5.56 Å². The number of nitrogens with one attached hydrogen (secondary N) is 1. The molecule has 0 radical (unpaired) electrons. The molecule has 0 spiro atoms. The van der Waals surface area contributed by atoms with Crippen LogP contribution in [0.3, 0.4) is 0 Å². The monoisotopic (exact) mass is 280 g/mol. The number of hydrogen-bond acceptors (Lipinski definition) is 5. The molecule has 2 N–H and O–H groups in total. The fourth-order valence-corrected chi connectivity index (χ4v) is 1.89. The van der Waals surface area contributed by atoms with Gasteiger partial charge in [0.25, 0.3) is 0 Å². The summed E-state index contributed by atoms with van der Waals surface area (Å²) < 4.78 is 3.77. The van der Waals surface area contributed by atoms with Crippen LogP contribution < -0.4 is 5.32 Å². The van der Waals surface area contributed by atoms with Crippen LogP contribution in [0, 0.1) is 0 Å². The van der Waals surface area contributed by atoms with E-state index in [0.717, 1.165) is 26.7 Å². The van der Waals surface area contributed by atoms with Crippen LogP contribution in [0.25, 0.3) is 0 Å². The number of nitrogens with zero attached hydrogens (tertiary/aromatic N) is 1. The van der Waals surface area contributed by atoms with Crippen LogP contribution >= 0.6 is 0 Å². The van der Waals surface area contributed by atoms with Crippen molar-refractivity contribution in [2.75, 3.05) is 33.8 Å². The first-order valence-corrected chi connectivity index (χ1v) is 6.32. The van der Waals surface area contributed by atoms with Crippen molar-refractivity contribution in [2.24, 2.45) is 0 Å². The molecule has 1 atom stereocenters. The molecule has 6 nitrogen and oxygen atoms in total. The Balaban J connectivity index is 0.000000246. The second-order valence-corrected chi connectivity index (χ2v) is 4.48. The molecule has 1 fully saturated rings. The number of carboxylic acids is 1. The third-order valence-corrected chi connectivity index (χ3v) is 2.94. The normalized spacial score (nSPS) is 18.6. The lowest BCUT2D eigenvalue weighted by Crippen LogP contribution is -2.43. The molecule has 0 saturated carbocycles. The zero-order valence-electron chi connectivity index (χ0n) is 11.7. The van der Waals surface area contributed by atoms with Gasteiger partial charge in [-0.05, 0) is 12.6 Å². The fourth-order valence-electron chi connectivity index (χ4n) is 1.89. The minimum Gasteiger partial charge on any atom is -0.473 e. The van der Waals surface area contributed by atoms with Crippen molar-refractivity contribution in [1.82, 2.24) is 10.2 Å². The number of rotatable bonds is 1. The van der Waals surface area contributed by atoms with E-state index in [4.69, 9.17) is 5.11 Å². The van der Waals surface area contributed by atoms with Crippen LogP contribution in [0.4, 0.5) is 0 Å². The van der Waals surface area contributed by atoms with Gasteiger partial charge in [0.15, 0.2) is 0 Å². The second kappa shape index (κ2) is 8.29. The topological polar surface area (TPSA) is 78.9 Å². The molecule has 1 aliphatic heterocycles. The molecule has 0 amide bonds. The number of piperazine rings is 1. The van der Waals surface area contributed by atoms with Gasteiger partial charge in [0.1, 0.15) is 0 Å². The van der Waals surface area contributed by atoms with E-state index in [2.05, 4.69) is 52.3 Å². The summed E-state index contributed by atoms with van der Waals surface area (Å²) in [5, 5.41) is 11.2. The van der Waals surface area contributed by atoms with Gasteiger partial charge in [0, 0.05) is 25.7 Å². The summed E-state index contributed by atoms with van der Waals surface area (Å²) in [5.41, 5.74) is 1.40. The first-order valence-electron chi connectivity index (χ1n) is 6.32. The minimum absolute atomic E-state index is 0.514. The van der Waals surface area contributed by atoms with Crippen LogP contribution in [0.5, 0.6) is 0 Å². The van der Waals surface area contributed by atoms with Crippen molar-refractivity contribution in [3.05, 3.63) is 35.9 Å². The highest BCUT2D eigenvalue weighted by Crippen LogP contribution is 2.15. The molecule has 110 valence electrons. The lowest BCUT2D eigenvalue weighted by Gasteiger charge is -2.31. The molecule has 1 heterocycles. The molecule has 0 aromatic heterocycles. The third-order valence-electron chi connectivity index (χ3n) is 2.94. The summed E-state index contributed by atoms with van der Waals surface area (Å²) in [7, 11) is 3.19. The Bertz CT molecular complexity index is 436. The molecular weight excluding hydrogens is 260 g/mol. The summed E-state index contributed by atoms with van der Waals surface area (Å²) in [4.78, 5) is 21.5. The van der Waals surface area contributed by atoms with E-state index in [1.807, 2.05) is 0 Å². The van der Waals surface area contributed by atoms with Gasteiger partial charge in [-0.25, -0.2) is 9.59 Å². The summed E-state index contributed by atoms with van der Waals surface area (Å²) in [6.07, 6.45) is 0. The molecule has 1 unspecified atom stereocenters. The number of ether oxygens (including phenoxy) is 1. The highest BCUT2D eigenvalue weighted by atomic mass is 16.5. The number of likely N-dealkylation sites (N-methyl/N-ethyl adjacent to an activating group) is 1. The maximum atomic E-state index is 9.69. The Morgan fingerprint density at radius 2 is 2.00 bits per heavy atom. The first kappa shape index (κ1) is 16.1. The molecular formula is C14H20N2O4. The summed E-state index contributed by atoms with van der Waals surface area (Å²) in [5.74, 6) is -2.80. The van der Waals surface area contributed by atoms with Gasteiger partial charge < -0.3 is 20.1 Å². The predicted octanol–water partition coefficient (Wildman–Crippen LogP) is 0.507. The van der Waals surface area contributed by atoms with Gasteiger partial charge in [0.2, 0.25) is 0 Å². The van der Waals surface area contributed by atoms with Crippen LogP contribution in [0.2, 0.25) is 0 Å². The third kappa shape index (κ3) is 5.38. The molecule has 1 aliphatic rings. The Morgan fingerprint density at radius 3 is 2.45 bits per heavy atom. The molecule has 20 heavy (non-hydrogen) atoms. The van der Waals surface area contributed by atoms with Crippen molar-refractivity contribution in [3.63, 3.8) is 0 Å². The summed E-state index contributed by atoms with van der Waals surface area (Å²) in [6.45, 7) is 3.36. The Labute approximate surface area is 118 Å². The molecule has 1 aromatic carbocycles. The van der Waals surface area contributed by atoms with E-state index >= 15 is 0 Å². The lowest BCUT2D eigenvalue weighted by molar-refractivity contribution is -0.161. The zero-order chi connectivity index (χ0) is 15.0. The Kier molecular flexibility index (Phi) is 6.69. The van der Waals surface area contributed by atoms with E-state index in [9.17, 15) is 9.59 Å². The average molecular weight is 280 g/mol. The van der Waals surface area contributed by atoms with Crippen LogP contribution in [-0.4, -0.2) is 55.7 Å². The van der Waals surface area contributed by atoms with Crippen LogP contribution in [0.1, 0.15) is 11.6 Å². The average Bonchev–Trinajstić information content (AvgIpc) is 2.48. The van der Waals surface area contributed by atoms with E-state index in [-0.39, 0.29) is 0 Å². The van der Waals surface area contributed by atoms with E-state index < -0.39 is 11.9 Å². The van der Waals surface area contributed by atoms with Gasteiger partial charge in [-0.3, -0.25) is 0 Å². The van der Waals surface area contributed by atoms with E-state index in [1.54, 1.807) is 0 Å². The summed E-state index contributed by atoms with van der Waals surface area (Å²) in [6, 6.07) is 11.2. The number of carbonyl (C=O) groups excluding carboxylic acids is 1. The number of carboxylic acid groups (broad SMARTS) is 1. The number of methoxy groups -OCH3 is 1. The maximum Gasteiger partial charge on any atom is 0.417 e. The molecule has 0 bridgehead atoms. The zero-order valence-corrected chi connectivity index (χ0v) is 11.7. The van der Waals surface area contributed by atoms with Crippen molar-refractivity contribution in [2.45, 2.75) is 6.04 Å². The van der Waals surface area contributed by atoms with Gasteiger partial charge in [-0.1, -0.05) is 30.3 Å². The quantitative estimate of drug-likeness (QED) is 0.576. The molecule has 6 heteroatoms. The standard InChI is InChI=1S/C11H16N2.C3H4O4/c1-13-8-7-12-11(9-13)10-5-3-2-4-6-10;1-7-3(6)2(4)5/h2-6,11-12H,7-9H2,1H3;1H3,(H,4,5). The highest BCUT2D eigenvalue weighted by Gasteiger charge is 2.17. The number of benzene rings is 1. The van der Waals surface area contributed by atoms with Crippen LogP contribution in [-0.2, 0) is 14.3 Å². The Hall–Kier alpha value is -1.92. The van der Waals surface area contributed by atoms with Gasteiger partial charge >= 0.3 is 11.9 Å². The van der Waals surface area contributed by atoms with Gasteiger partial charge in [-0.2, -0.15) is 0 Å². The number of hydrogen-bond donors (Lipinski definition) is 2.